The summed E-state index contributed by atoms with van der Waals surface area (Å²) in [6, 6.07) is 10.1. The van der Waals surface area contributed by atoms with Gasteiger partial charge in [0, 0.05) is 32.1 Å². The lowest BCUT2D eigenvalue weighted by Crippen LogP contribution is -2.50. The molecule has 1 fully saturated rings. The molecular formula is C19H30ClN3O2. The zero-order chi connectivity index (χ0) is 17.4. The molecule has 3 N–H and O–H groups in total. The first kappa shape index (κ1) is 21.5. The van der Waals surface area contributed by atoms with Gasteiger partial charge in [-0.3, -0.25) is 9.59 Å². The van der Waals surface area contributed by atoms with Gasteiger partial charge in [0.2, 0.25) is 11.8 Å². The summed E-state index contributed by atoms with van der Waals surface area (Å²) in [6.07, 6.45) is 4.20. The fourth-order valence-corrected chi connectivity index (χ4v) is 3.39. The van der Waals surface area contributed by atoms with Crippen LogP contribution in [0.25, 0.3) is 0 Å². The predicted octanol–water partition coefficient (Wildman–Crippen LogP) is 2.45. The molecule has 6 heteroatoms. The molecule has 0 aromatic heterocycles. The maximum Gasteiger partial charge on any atom is 0.230 e. The molecule has 2 unspecified atom stereocenters. The summed E-state index contributed by atoms with van der Waals surface area (Å²) in [5.41, 5.74) is 6.48. The largest absolute Gasteiger partial charge is 0.354 e. The van der Waals surface area contributed by atoms with Crippen LogP contribution in [0.2, 0.25) is 0 Å². The number of likely N-dealkylation sites (tertiary alicyclic amines) is 1. The molecule has 0 spiro atoms. The molecule has 1 heterocycles. The van der Waals surface area contributed by atoms with Crippen molar-refractivity contribution in [1.29, 1.82) is 0 Å². The fraction of sp³-hybridized carbons (Fsp3) is 0.579. The van der Waals surface area contributed by atoms with Crippen molar-refractivity contribution in [3.63, 3.8) is 0 Å². The third kappa shape index (κ3) is 6.01. The van der Waals surface area contributed by atoms with E-state index in [1.807, 2.05) is 35.2 Å². The minimum absolute atomic E-state index is 0. The summed E-state index contributed by atoms with van der Waals surface area (Å²) < 4.78 is 0. The lowest BCUT2D eigenvalue weighted by Gasteiger charge is -2.38. The van der Waals surface area contributed by atoms with Gasteiger partial charge in [-0.1, -0.05) is 37.3 Å². The van der Waals surface area contributed by atoms with Crippen LogP contribution in [0.3, 0.4) is 0 Å². The number of nitrogens with zero attached hydrogens (tertiary/aromatic N) is 1. The molecule has 0 saturated carbocycles. The van der Waals surface area contributed by atoms with Crippen LogP contribution >= 0.6 is 12.4 Å². The number of carbonyl (C=O) groups excluding carboxylic acids is 2. The summed E-state index contributed by atoms with van der Waals surface area (Å²) in [6.45, 7) is 3.71. The monoisotopic (exact) mass is 367 g/mol. The highest BCUT2D eigenvalue weighted by Crippen LogP contribution is 2.26. The van der Waals surface area contributed by atoms with E-state index in [0.29, 0.717) is 19.5 Å². The average molecular weight is 368 g/mol. The lowest BCUT2D eigenvalue weighted by atomic mass is 9.92. The lowest BCUT2D eigenvalue weighted by molar-refractivity contribution is -0.137. The van der Waals surface area contributed by atoms with Crippen LogP contribution in [-0.4, -0.2) is 42.4 Å². The number of hydrogen-bond donors (Lipinski definition) is 2. The Morgan fingerprint density at radius 3 is 2.64 bits per heavy atom. The molecular weight excluding hydrogens is 338 g/mol. The number of rotatable bonds is 7. The molecule has 0 aliphatic carbocycles. The van der Waals surface area contributed by atoms with E-state index in [4.69, 9.17) is 5.73 Å². The van der Waals surface area contributed by atoms with Crippen molar-refractivity contribution >= 4 is 24.2 Å². The standard InChI is InChI=1S/C19H29N3O2.ClH/c1-2-17(15-8-4-3-5-9-15)19(24)22-13-7-6-10-16(22)14-21-18(23)11-12-20;/h3-5,8-9,16-17H,2,6-7,10-14,20H2,1H3,(H,21,23);1H. The Balaban J connectivity index is 0.00000312. The number of halogens is 1. The zero-order valence-corrected chi connectivity index (χ0v) is 15.8. The Morgan fingerprint density at radius 2 is 2.00 bits per heavy atom. The van der Waals surface area contributed by atoms with Crippen LogP contribution in [0.5, 0.6) is 0 Å². The van der Waals surface area contributed by atoms with Crippen molar-refractivity contribution in [3.05, 3.63) is 35.9 Å². The molecule has 25 heavy (non-hydrogen) atoms. The zero-order valence-electron chi connectivity index (χ0n) is 14.9. The topological polar surface area (TPSA) is 75.4 Å². The summed E-state index contributed by atoms with van der Waals surface area (Å²) in [5, 5.41) is 2.92. The molecule has 140 valence electrons. The molecule has 2 amide bonds. The summed E-state index contributed by atoms with van der Waals surface area (Å²) >= 11 is 0. The minimum Gasteiger partial charge on any atom is -0.354 e. The second-order valence-corrected chi connectivity index (χ2v) is 6.40. The van der Waals surface area contributed by atoms with E-state index in [1.165, 1.54) is 0 Å². The van der Waals surface area contributed by atoms with Crippen molar-refractivity contribution in [2.45, 2.75) is 51.0 Å². The van der Waals surface area contributed by atoms with Crippen molar-refractivity contribution in [2.24, 2.45) is 5.73 Å². The molecule has 0 bridgehead atoms. The van der Waals surface area contributed by atoms with Gasteiger partial charge in [0.15, 0.2) is 0 Å². The Labute approximate surface area is 156 Å². The summed E-state index contributed by atoms with van der Waals surface area (Å²) in [4.78, 5) is 26.8. The molecule has 1 aliphatic rings. The van der Waals surface area contributed by atoms with Crippen LogP contribution in [0.15, 0.2) is 30.3 Å². The Hall–Kier alpha value is -1.59. The van der Waals surface area contributed by atoms with Gasteiger partial charge in [-0.05, 0) is 31.2 Å². The van der Waals surface area contributed by atoms with Crippen molar-refractivity contribution in [1.82, 2.24) is 10.2 Å². The van der Waals surface area contributed by atoms with Gasteiger partial charge < -0.3 is 16.0 Å². The van der Waals surface area contributed by atoms with Gasteiger partial charge in [-0.15, -0.1) is 12.4 Å². The highest BCUT2D eigenvalue weighted by molar-refractivity contribution is 5.85. The van der Waals surface area contributed by atoms with Gasteiger partial charge >= 0.3 is 0 Å². The molecule has 1 aromatic rings. The van der Waals surface area contributed by atoms with Gasteiger partial charge in [0.25, 0.3) is 0 Å². The number of nitrogens with one attached hydrogen (secondary N) is 1. The maximum absolute atomic E-state index is 13.1. The number of carbonyl (C=O) groups is 2. The molecule has 2 rings (SSSR count). The first-order valence-corrected chi connectivity index (χ1v) is 8.99. The number of benzene rings is 1. The smallest absolute Gasteiger partial charge is 0.230 e. The highest BCUT2D eigenvalue weighted by atomic mass is 35.5. The molecule has 2 atom stereocenters. The van der Waals surface area contributed by atoms with E-state index >= 15 is 0 Å². The number of piperidine rings is 1. The predicted molar refractivity (Wildman–Crippen MR) is 103 cm³/mol. The quantitative estimate of drug-likeness (QED) is 0.777. The number of amides is 2. The summed E-state index contributed by atoms with van der Waals surface area (Å²) in [7, 11) is 0. The van der Waals surface area contributed by atoms with Crippen LogP contribution in [0.1, 0.15) is 50.5 Å². The average Bonchev–Trinajstić information content (AvgIpc) is 2.62. The van der Waals surface area contributed by atoms with Gasteiger partial charge in [0.1, 0.15) is 0 Å². The van der Waals surface area contributed by atoms with Crippen LogP contribution in [0.4, 0.5) is 0 Å². The van der Waals surface area contributed by atoms with E-state index < -0.39 is 0 Å². The third-order valence-electron chi connectivity index (χ3n) is 4.72. The fourth-order valence-electron chi connectivity index (χ4n) is 3.39. The van der Waals surface area contributed by atoms with E-state index in [2.05, 4.69) is 12.2 Å². The van der Waals surface area contributed by atoms with Crippen molar-refractivity contribution in [2.75, 3.05) is 19.6 Å². The number of nitrogens with two attached hydrogens (primary N) is 1. The van der Waals surface area contributed by atoms with Crippen LogP contribution < -0.4 is 11.1 Å². The molecule has 1 aliphatic heterocycles. The Morgan fingerprint density at radius 1 is 1.28 bits per heavy atom. The van der Waals surface area contributed by atoms with E-state index in [-0.39, 0.29) is 36.2 Å². The van der Waals surface area contributed by atoms with Gasteiger partial charge in [0.05, 0.1) is 5.92 Å². The Bertz CT molecular complexity index is 539. The first-order valence-electron chi connectivity index (χ1n) is 8.99. The second kappa shape index (κ2) is 11.1. The normalized spacial score (nSPS) is 18.2. The van der Waals surface area contributed by atoms with Gasteiger partial charge in [-0.25, -0.2) is 0 Å². The van der Waals surface area contributed by atoms with E-state index in [1.54, 1.807) is 0 Å². The maximum atomic E-state index is 13.1. The molecule has 1 saturated heterocycles. The Kier molecular flexibility index (Phi) is 9.53. The van der Waals surface area contributed by atoms with Crippen molar-refractivity contribution in [3.8, 4) is 0 Å². The molecule has 1 aromatic carbocycles. The van der Waals surface area contributed by atoms with E-state index in [9.17, 15) is 9.59 Å². The summed E-state index contributed by atoms with van der Waals surface area (Å²) in [5.74, 6) is 0.0404. The molecule has 0 radical (unpaired) electrons. The highest BCUT2D eigenvalue weighted by Gasteiger charge is 2.31. The minimum atomic E-state index is -0.105. The first-order chi connectivity index (χ1) is 11.7. The van der Waals surface area contributed by atoms with Crippen molar-refractivity contribution < 1.29 is 9.59 Å². The number of hydrogen-bond acceptors (Lipinski definition) is 3. The SMILES string of the molecule is CCC(C(=O)N1CCCCC1CNC(=O)CCN)c1ccccc1.Cl. The second-order valence-electron chi connectivity index (χ2n) is 6.40. The van der Waals surface area contributed by atoms with Crippen LogP contribution in [0, 0.1) is 0 Å². The van der Waals surface area contributed by atoms with Gasteiger partial charge in [-0.2, -0.15) is 0 Å². The van der Waals surface area contributed by atoms with E-state index in [0.717, 1.165) is 37.8 Å². The third-order valence-corrected chi connectivity index (χ3v) is 4.72. The van der Waals surface area contributed by atoms with Crippen LogP contribution in [-0.2, 0) is 9.59 Å². The molecule has 5 nitrogen and oxygen atoms in total.